The normalized spacial score (nSPS) is 21.0. The van der Waals surface area contributed by atoms with Crippen LogP contribution in [-0.2, 0) is 6.61 Å². The molecule has 0 unspecified atom stereocenters. The third-order valence-electron chi connectivity index (χ3n) is 9.22. The summed E-state index contributed by atoms with van der Waals surface area (Å²) in [5.41, 5.74) is 7.80. The van der Waals surface area contributed by atoms with Gasteiger partial charge in [-0.3, -0.25) is 0 Å². The van der Waals surface area contributed by atoms with Gasteiger partial charge in [-0.15, -0.1) is 24.8 Å². The number of furan rings is 1. The van der Waals surface area contributed by atoms with Crippen molar-refractivity contribution >= 4 is 52.7 Å². The minimum atomic E-state index is -1.04. The molecule has 3 aliphatic heterocycles. The smallest absolute Gasteiger partial charge is 0.352 e. The van der Waals surface area contributed by atoms with Gasteiger partial charge in [-0.05, 0) is 101 Å². The lowest BCUT2D eigenvalue weighted by Crippen LogP contribution is -2.52. The Morgan fingerprint density at radius 3 is 2.59 bits per heavy atom. The molecule has 4 N–H and O–H groups in total. The summed E-state index contributed by atoms with van der Waals surface area (Å²) >= 11 is 0. The summed E-state index contributed by atoms with van der Waals surface area (Å²) in [5, 5.41) is 10.1. The van der Waals surface area contributed by atoms with Gasteiger partial charge in [-0.1, -0.05) is 18.6 Å². The Hall–Kier alpha value is -2.82. The van der Waals surface area contributed by atoms with Gasteiger partial charge in [0.05, 0.1) is 11.6 Å². The Morgan fingerprint density at radius 2 is 1.80 bits per heavy atom. The molecule has 11 heteroatoms. The second kappa shape index (κ2) is 15.5. The quantitative estimate of drug-likeness (QED) is 0.210. The van der Waals surface area contributed by atoms with Gasteiger partial charge in [0, 0.05) is 35.1 Å². The van der Waals surface area contributed by atoms with Gasteiger partial charge in [0.2, 0.25) is 0 Å². The Labute approximate surface area is 269 Å². The molecule has 0 spiro atoms. The number of likely N-dealkylation sites (tertiary alicyclic amines) is 1. The Kier molecular flexibility index (Phi) is 12.0. The van der Waals surface area contributed by atoms with Crippen molar-refractivity contribution in [2.75, 3.05) is 32.7 Å². The standard InChI is InChI=1S/C18H12FNO4.C15H29N3.2ClH/c19-12-3-1-6-16-17(12)10(9-24-16)8-23-15-5-2-4-13-11(15)7-14(20-13)18(21)22;16-14-6-10-17(11-7-14)12-13-4-3-9-18-8-2-1-5-15(13)18;;/h1-7,9,20H,8H2,(H,21,22);13-15H,1-12,16H2;2*1H/t;13-,15+;;/m.0../s1. The van der Waals surface area contributed by atoms with Crippen LogP contribution in [0.15, 0.2) is 53.1 Å². The number of carboxylic acids is 1. The van der Waals surface area contributed by atoms with Crippen molar-refractivity contribution in [3.8, 4) is 5.75 Å². The summed E-state index contributed by atoms with van der Waals surface area (Å²) in [6, 6.07) is 12.8. The predicted octanol–water partition coefficient (Wildman–Crippen LogP) is 6.85. The van der Waals surface area contributed by atoms with Crippen LogP contribution in [0.5, 0.6) is 5.75 Å². The lowest BCUT2D eigenvalue weighted by atomic mass is 9.83. The number of carboxylic acid groups (broad SMARTS) is 1. The second-order valence-electron chi connectivity index (χ2n) is 12.0. The molecule has 0 saturated carbocycles. The maximum Gasteiger partial charge on any atom is 0.352 e. The summed E-state index contributed by atoms with van der Waals surface area (Å²) in [4.78, 5) is 19.4. The number of hydrogen-bond acceptors (Lipinski definition) is 6. The van der Waals surface area contributed by atoms with Gasteiger partial charge in [0.25, 0.3) is 0 Å². The van der Waals surface area contributed by atoms with Crippen molar-refractivity contribution in [3.05, 3.63) is 65.8 Å². The van der Waals surface area contributed by atoms with Crippen molar-refractivity contribution in [1.29, 1.82) is 0 Å². The van der Waals surface area contributed by atoms with E-state index in [2.05, 4.69) is 14.8 Å². The monoisotopic (exact) mass is 648 g/mol. The molecule has 2 atom stereocenters. The highest BCUT2D eigenvalue weighted by Crippen LogP contribution is 2.32. The average Bonchev–Trinajstić information content (AvgIpc) is 3.64. The van der Waals surface area contributed by atoms with Gasteiger partial charge >= 0.3 is 5.97 Å². The lowest BCUT2D eigenvalue weighted by Gasteiger charge is -2.46. The molecule has 2 aromatic heterocycles. The van der Waals surface area contributed by atoms with Gasteiger partial charge in [-0.2, -0.15) is 0 Å². The molecule has 4 aromatic rings. The molecule has 7 rings (SSSR count). The number of aromatic carboxylic acids is 1. The molecule has 240 valence electrons. The van der Waals surface area contributed by atoms with Gasteiger partial charge in [0.1, 0.15) is 29.5 Å². The van der Waals surface area contributed by atoms with E-state index in [-0.39, 0.29) is 42.9 Å². The van der Waals surface area contributed by atoms with Crippen LogP contribution in [0.2, 0.25) is 0 Å². The number of H-pyrrole nitrogens is 1. The van der Waals surface area contributed by atoms with Gasteiger partial charge in [-0.25, -0.2) is 9.18 Å². The largest absolute Gasteiger partial charge is 0.488 e. The Morgan fingerprint density at radius 1 is 1.02 bits per heavy atom. The number of benzene rings is 2. The number of rotatable bonds is 6. The first-order valence-electron chi connectivity index (χ1n) is 15.3. The third-order valence-corrected chi connectivity index (χ3v) is 9.22. The van der Waals surface area contributed by atoms with Crippen molar-refractivity contribution < 1.29 is 23.4 Å². The van der Waals surface area contributed by atoms with E-state index in [1.165, 1.54) is 96.1 Å². The predicted molar refractivity (Wildman–Crippen MR) is 176 cm³/mol. The number of piperidine rings is 3. The first-order chi connectivity index (χ1) is 20.5. The molecule has 3 fully saturated rings. The third kappa shape index (κ3) is 7.69. The maximum absolute atomic E-state index is 14.0. The highest BCUT2D eigenvalue weighted by Gasteiger charge is 2.34. The number of ether oxygens (including phenoxy) is 1. The van der Waals surface area contributed by atoms with Crippen LogP contribution in [-0.4, -0.2) is 70.7 Å². The number of fused-ring (bicyclic) bond motifs is 3. The molecule has 0 amide bonds. The molecule has 0 radical (unpaired) electrons. The SMILES string of the molecule is Cl.Cl.NC1CCN(C[C@@H]2CCCN3CCCC[C@H]23)CC1.O=C(O)c1cc2c(OCc3coc4cccc(F)c34)cccc2[nH]1. The van der Waals surface area contributed by atoms with E-state index in [9.17, 15) is 9.18 Å². The number of nitrogens with one attached hydrogen (secondary N) is 1. The van der Waals surface area contributed by atoms with Gasteiger partial charge < -0.3 is 34.8 Å². The molecule has 44 heavy (non-hydrogen) atoms. The van der Waals surface area contributed by atoms with Crippen LogP contribution in [0.1, 0.15) is 61.0 Å². The Balaban J connectivity index is 0.000000199. The molecule has 0 bridgehead atoms. The fourth-order valence-electron chi connectivity index (χ4n) is 7.00. The van der Waals surface area contributed by atoms with E-state index >= 15 is 0 Å². The zero-order chi connectivity index (χ0) is 29.1. The first-order valence-corrected chi connectivity index (χ1v) is 15.3. The van der Waals surface area contributed by atoms with Crippen molar-refractivity contribution in [2.45, 2.75) is 63.6 Å². The zero-order valence-corrected chi connectivity index (χ0v) is 26.5. The van der Waals surface area contributed by atoms with E-state index in [0.29, 0.717) is 39.2 Å². The number of hydrogen-bond donors (Lipinski definition) is 3. The summed E-state index contributed by atoms with van der Waals surface area (Å²) < 4.78 is 25.1. The number of aromatic nitrogens is 1. The first kappa shape index (κ1) is 34.1. The minimum Gasteiger partial charge on any atom is -0.488 e. The molecule has 2 aromatic carbocycles. The molecule has 5 heterocycles. The summed E-state index contributed by atoms with van der Waals surface area (Å²) in [5.74, 6) is 0.0447. The molecule has 3 aliphatic rings. The number of nitrogens with two attached hydrogens (primary N) is 1. The van der Waals surface area contributed by atoms with E-state index in [4.69, 9.17) is 20.0 Å². The summed E-state index contributed by atoms with van der Waals surface area (Å²) in [6.45, 7) is 6.67. The molecule has 0 aliphatic carbocycles. The summed E-state index contributed by atoms with van der Waals surface area (Å²) in [7, 11) is 0. The number of carbonyl (C=O) groups is 1. The Bertz CT molecular complexity index is 1520. The van der Waals surface area contributed by atoms with Crippen molar-refractivity contribution in [1.82, 2.24) is 14.8 Å². The molecule has 3 saturated heterocycles. The highest BCUT2D eigenvalue weighted by molar-refractivity contribution is 5.96. The van der Waals surface area contributed by atoms with E-state index in [1.54, 1.807) is 30.3 Å². The van der Waals surface area contributed by atoms with Crippen LogP contribution in [0.25, 0.3) is 21.9 Å². The van der Waals surface area contributed by atoms with E-state index in [1.807, 2.05) is 0 Å². The number of aromatic amines is 1. The maximum atomic E-state index is 14.0. The topological polar surface area (TPSA) is 108 Å². The molecular formula is C33H43Cl2FN4O4. The van der Waals surface area contributed by atoms with Crippen LogP contribution < -0.4 is 10.5 Å². The zero-order valence-electron chi connectivity index (χ0n) is 24.9. The van der Waals surface area contributed by atoms with Crippen molar-refractivity contribution in [3.63, 3.8) is 0 Å². The molecule has 8 nitrogen and oxygen atoms in total. The van der Waals surface area contributed by atoms with Crippen LogP contribution in [0, 0.1) is 11.7 Å². The van der Waals surface area contributed by atoms with Gasteiger partial charge in [0.15, 0.2) is 0 Å². The van der Waals surface area contributed by atoms with Crippen LogP contribution in [0.3, 0.4) is 0 Å². The summed E-state index contributed by atoms with van der Waals surface area (Å²) in [6.07, 6.45) is 11.1. The average molecular weight is 650 g/mol. The van der Waals surface area contributed by atoms with Crippen molar-refractivity contribution in [2.24, 2.45) is 11.7 Å². The fourth-order valence-corrected chi connectivity index (χ4v) is 7.00. The van der Waals surface area contributed by atoms with Crippen LogP contribution in [0.4, 0.5) is 4.39 Å². The fraction of sp³-hybridized carbons (Fsp3) is 0.485. The molecular weight excluding hydrogens is 606 g/mol. The van der Waals surface area contributed by atoms with E-state index in [0.717, 1.165) is 12.0 Å². The highest BCUT2D eigenvalue weighted by atomic mass is 35.5. The second-order valence-corrected chi connectivity index (χ2v) is 12.0. The number of halogens is 3. The minimum absolute atomic E-state index is 0. The number of nitrogens with zero attached hydrogens (tertiary/aromatic N) is 2. The van der Waals surface area contributed by atoms with Crippen LogP contribution >= 0.6 is 24.8 Å². The lowest BCUT2D eigenvalue weighted by molar-refractivity contribution is 0.0361. The van der Waals surface area contributed by atoms with E-state index < -0.39 is 5.97 Å².